The number of esters is 1. The summed E-state index contributed by atoms with van der Waals surface area (Å²) in [5.41, 5.74) is 0.173. The SMILES string of the molecule is COC(=O)C12C[C@@H]3C[C@@H](CC(NC(=O)c4nc5ccccc5s4)(C3)C1)C2. The first-order chi connectivity index (χ1) is 12.5. The molecular weight excluding hydrogens is 348 g/mol. The van der Waals surface area contributed by atoms with Crippen LogP contribution in [0.15, 0.2) is 24.3 Å². The lowest BCUT2D eigenvalue weighted by atomic mass is 9.47. The third-order valence-corrected chi connectivity index (χ3v) is 7.58. The minimum absolute atomic E-state index is 0.0924. The van der Waals surface area contributed by atoms with Crippen LogP contribution >= 0.6 is 11.3 Å². The van der Waals surface area contributed by atoms with E-state index in [0.29, 0.717) is 23.3 Å². The van der Waals surface area contributed by atoms with Crippen LogP contribution in [0, 0.1) is 17.3 Å². The number of nitrogens with one attached hydrogen (secondary N) is 1. The number of amides is 1. The molecule has 26 heavy (non-hydrogen) atoms. The van der Waals surface area contributed by atoms with E-state index in [9.17, 15) is 9.59 Å². The molecule has 4 aliphatic rings. The van der Waals surface area contributed by atoms with Crippen molar-refractivity contribution in [2.24, 2.45) is 17.3 Å². The van der Waals surface area contributed by atoms with Gasteiger partial charge in [-0.25, -0.2) is 4.98 Å². The lowest BCUT2D eigenvalue weighted by Gasteiger charge is -2.60. The highest BCUT2D eigenvalue weighted by Crippen LogP contribution is 2.62. The van der Waals surface area contributed by atoms with E-state index in [4.69, 9.17) is 4.74 Å². The Balaban J connectivity index is 1.44. The number of rotatable bonds is 3. The van der Waals surface area contributed by atoms with Crippen LogP contribution in [0.25, 0.3) is 10.2 Å². The standard InChI is InChI=1S/C20H22N2O3S/c1-25-18(24)19-7-12-6-13(8-19)10-20(9-12,11-19)22-16(23)17-21-14-4-2-3-5-15(14)26-17/h2-5,12-13H,6-11H2,1H3,(H,22,23)/t12-,13+,19?,20?. The second kappa shape index (κ2) is 5.52. The molecule has 5 nitrogen and oxygen atoms in total. The van der Waals surface area contributed by atoms with Crippen molar-refractivity contribution in [2.45, 2.75) is 44.1 Å². The highest BCUT2D eigenvalue weighted by Gasteiger charge is 2.61. The quantitative estimate of drug-likeness (QED) is 0.839. The summed E-state index contributed by atoms with van der Waals surface area (Å²) in [4.78, 5) is 30.0. The van der Waals surface area contributed by atoms with E-state index < -0.39 is 5.41 Å². The Bertz CT molecular complexity index is 858. The molecule has 4 aliphatic carbocycles. The molecule has 1 amide bonds. The Kier molecular flexibility index (Phi) is 3.45. The zero-order valence-corrected chi connectivity index (χ0v) is 15.6. The Hall–Kier alpha value is -1.95. The number of fused-ring (bicyclic) bond motifs is 1. The van der Waals surface area contributed by atoms with Gasteiger partial charge >= 0.3 is 5.97 Å². The zero-order valence-electron chi connectivity index (χ0n) is 14.8. The van der Waals surface area contributed by atoms with Crippen LogP contribution in [0.3, 0.4) is 0 Å². The fraction of sp³-hybridized carbons (Fsp3) is 0.550. The third-order valence-electron chi connectivity index (χ3n) is 6.55. The molecule has 136 valence electrons. The first-order valence-electron chi connectivity index (χ1n) is 9.27. The number of ether oxygens (including phenoxy) is 1. The van der Waals surface area contributed by atoms with Gasteiger partial charge in [0.1, 0.15) is 0 Å². The van der Waals surface area contributed by atoms with Gasteiger partial charge in [-0.3, -0.25) is 9.59 Å². The van der Waals surface area contributed by atoms with Gasteiger partial charge in [-0.1, -0.05) is 12.1 Å². The molecule has 2 unspecified atom stereocenters. The highest BCUT2D eigenvalue weighted by molar-refractivity contribution is 7.20. The number of carbonyl (C=O) groups is 2. The van der Waals surface area contributed by atoms with Crippen LogP contribution in [0.4, 0.5) is 0 Å². The van der Waals surface area contributed by atoms with Gasteiger partial charge in [0.25, 0.3) is 5.91 Å². The largest absolute Gasteiger partial charge is 0.469 e. The van der Waals surface area contributed by atoms with Crippen molar-refractivity contribution in [1.82, 2.24) is 10.3 Å². The molecule has 0 radical (unpaired) electrons. The molecule has 0 aliphatic heterocycles. The van der Waals surface area contributed by atoms with Gasteiger partial charge in [0, 0.05) is 5.54 Å². The normalized spacial score (nSPS) is 34.8. The maximum Gasteiger partial charge on any atom is 0.311 e. The lowest BCUT2D eigenvalue weighted by molar-refractivity contribution is -0.171. The molecule has 6 rings (SSSR count). The second-order valence-electron chi connectivity index (χ2n) is 8.45. The van der Waals surface area contributed by atoms with Crippen LogP contribution in [0.5, 0.6) is 0 Å². The first kappa shape index (κ1) is 16.2. The van der Waals surface area contributed by atoms with Crippen LogP contribution in [-0.4, -0.2) is 29.5 Å². The number of para-hydroxylation sites is 1. The monoisotopic (exact) mass is 370 g/mol. The number of hydrogen-bond acceptors (Lipinski definition) is 5. The topological polar surface area (TPSA) is 68.3 Å². The smallest absolute Gasteiger partial charge is 0.311 e. The van der Waals surface area contributed by atoms with Crippen molar-refractivity contribution in [2.75, 3.05) is 7.11 Å². The molecule has 2 aromatic rings. The molecule has 0 spiro atoms. The average molecular weight is 370 g/mol. The molecular formula is C20H22N2O3S. The summed E-state index contributed by atoms with van der Waals surface area (Å²) < 4.78 is 6.17. The molecule has 1 aromatic heterocycles. The number of thiazole rings is 1. The van der Waals surface area contributed by atoms with Gasteiger partial charge in [-0.05, 0) is 62.5 Å². The zero-order chi connectivity index (χ0) is 17.9. The summed E-state index contributed by atoms with van der Waals surface area (Å²) >= 11 is 1.43. The third kappa shape index (κ3) is 2.38. The maximum absolute atomic E-state index is 13.0. The minimum atomic E-state index is -0.403. The van der Waals surface area contributed by atoms with Crippen LogP contribution in [0.2, 0.25) is 0 Å². The van der Waals surface area contributed by atoms with Crippen LogP contribution in [-0.2, 0) is 9.53 Å². The summed E-state index contributed by atoms with van der Waals surface area (Å²) in [6.07, 6.45) is 5.65. The summed E-state index contributed by atoms with van der Waals surface area (Å²) in [5, 5.41) is 3.82. The molecule has 6 heteroatoms. The Morgan fingerprint density at radius 3 is 2.62 bits per heavy atom. The van der Waals surface area contributed by atoms with Crippen molar-refractivity contribution >= 4 is 33.4 Å². The van der Waals surface area contributed by atoms with E-state index in [-0.39, 0.29) is 17.4 Å². The van der Waals surface area contributed by atoms with Gasteiger partial charge in [0.2, 0.25) is 0 Å². The Labute approximate surface area is 156 Å². The van der Waals surface area contributed by atoms with Crippen molar-refractivity contribution in [1.29, 1.82) is 0 Å². The van der Waals surface area contributed by atoms with Crippen LogP contribution in [0.1, 0.15) is 48.3 Å². The lowest BCUT2D eigenvalue weighted by Crippen LogP contribution is -2.64. The molecule has 4 bridgehead atoms. The minimum Gasteiger partial charge on any atom is -0.469 e. The van der Waals surface area contributed by atoms with E-state index in [1.807, 2.05) is 24.3 Å². The fourth-order valence-electron chi connectivity index (χ4n) is 6.13. The van der Waals surface area contributed by atoms with Crippen LogP contribution < -0.4 is 5.32 Å². The van der Waals surface area contributed by atoms with Crippen molar-refractivity contribution in [3.8, 4) is 0 Å². The average Bonchev–Trinajstić information content (AvgIpc) is 3.04. The van der Waals surface area contributed by atoms with E-state index in [1.165, 1.54) is 24.9 Å². The van der Waals surface area contributed by atoms with E-state index in [2.05, 4.69) is 10.3 Å². The van der Waals surface area contributed by atoms with Crippen molar-refractivity contribution < 1.29 is 14.3 Å². The van der Waals surface area contributed by atoms with Gasteiger partial charge in [-0.2, -0.15) is 0 Å². The maximum atomic E-state index is 13.0. The second-order valence-corrected chi connectivity index (χ2v) is 9.48. The first-order valence-corrected chi connectivity index (χ1v) is 10.1. The van der Waals surface area contributed by atoms with Crippen molar-refractivity contribution in [3.05, 3.63) is 29.3 Å². The molecule has 1 heterocycles. The molecule has 4 saturated carbocycles. The predicted octanol–water partition coefficient (Wildman–Crippen LogP) is 3.54. The summed E-state index contributed by atoms with van der Waals surface area (Å²) in [6, 6.07) is 7.81. The number of nitrogens with zero attached hydrogens (tertiary/aromatic N) is 1. The number of benzene rings is 1. The number of hydrogen-bond donors (Lipinski definition) is 1. The van der Waals surface area contributed by atoms with E-state index in [0.717, 1.165) is 35.9 Å². The van der Waals surface area contributed by atoms with E-state index in [1.54, 1.807) is 0 Å². The van der Waals surface area contributed by atoms with Crippen molar-refractivity contribution in [3.63, 3.8) is 0 Å². The van der Waals surface area contributed by atoms with Gasteiger partial charge < -0.3 is 10.1 Å². The molecule has 1 N–H and O–H groups in total. The predicted molar refractivity (Wildman–Crippen MR) is 98.9 cm³/mol. The number of aromatic nitrogens is 1. The highest BCUT2D eigenvalue weighted by atomic mass is 32.1. The summed E-state index contributed by atoms with van der Waals surface area (Å²) in [7, 11) is 1.48. The number of methoxy groups -OCH3 is 1. The molecule has 4 fully saturated rings. The van der Waals surface area contributed by atoms with Gasteiger partial charge in [-0.15, -0.1) is 11.3 Å². The Morgan fingerprint density at radius 1 is 1.19 bits per heavy atom. The van der Waals surface area contributed by atoms with Gasteiger partial charge in [0.05, 0.1) is 22.7 Å². The summed E-state index contributed by atoms with van der Waals surface area (Å²) in [5.74, 6) is 0.815. The molecule has 4 atom stereocenters. The van der Waals surface area contributed by atoms with E-state index >= 15 is 0 Å². The molecule has 0 saturated heterocycles. The Morgan fingerprint density at radius 2 is 1.92 bits per heavy atom. The number of carbonyl (C=O) groups excluding carboxylic acids is 2. The molecule has 1 aromatic carbocycles. The summed E-state index contributed by atoms with van der Waals surface area (Å²) in [6.45, 7) is 0. The fourth-order valence-corrected chi connectivity index (χ4v) is 6.99. The van der Waals surface area contributed by atoms with Gasteiger partial charge in [0.15, 0.2) is 5.01 Å².